The Morgan fingerprint density at radius 2 is 2.08 bits per heavy atom. The number of nitrogens with one attached hydrogen (secondary N) is 1. The van der Waals surface area contributed by atoms with Gasteiger partial charge in [0.15, 0.2) is 0 Å². The number of hydrogen-bond acceptors (Lipinski definition) is 1. The summed E-state index contributed by atoms with van der Waals surface area (Å²) in [5, 5.41) is 0.547. The van der Waals surface area contributed by atoms with Crippen LogP contribution in [0.3, 0.4) is 0 Å². The van der Waals surface area contributed by atoms with Crippen molar-refractivity contribution in [2.45, 2.75) is 0 Å². The van der Waals surface area contributed by atoms with Crippen LogP contribution in [0.2, 0.25) is 5.15 Å². The molecule has 0 bridgehead atoms. The molecule has 1 heterocycles. The van der Waals surface area contributed by atoms with E-state index in [0.29, 0.717) is 5.15 Å². The van der Waals surface area contributed by atoms with E-state index < -0.39 is 0 Å². The fourth-order valence-corrected chi connectivity index (χ4v) is 1.70. The molecule has 1 aromatic carbocycles. The third kappa shape index (κ3) is 1.76. The topological polar surface area (TPSA) is 28.7 Å². The van der Waals surface area contributed by atoms with E-state index in [-0.39, 0.29) is 0 Å². The zero-order valence-electron chi connectivity index (χ0n) is 6.59. The van der Waals surface area contributed by atoms with Crippen LogP contribution < -0.4 is 0 Å². The highest BCUT2D eigenvalue weighted by Gasteiger charge is 2.04. The molecular formula is C9H6BrClN2. The number of halogens is 2. The van der Waals surface area contributed by atoms with E-state index in [1.165, 1.54) is 0 Å². The van der Waals surface area contributed by atoms with Crippen molar-refractivity contribution in [2.24, 2.45) is 0 Å². The van der Waals surface area contributed by atoms with E-state index >= 15 is 0 Å². The number of benzene rings is 1. The Labute approximate surface area is 89.1 Å². The van der Waals surface area contributed by atoms with E-state index in [9.17, 15) is 0 Å². The molecular weight excluding hydrogens is 251 g/mol. The largest absolute Gasteiger partial charge is 0.329 e. The lowest BCUT2D eigenvalue weighted by Gasteiger charge is -1.98. The normalized spacial score (nSPS) is 10.3. The van der Waals surface area contributed by atoms with Crippen molar-refractivity contribution in [1.82, 2.24) is 9.97 Å². The Morgan fingerprint density at radius 3 is 2.69 bits per heavy atom. The van der Waals surface area contributed by atoms with Crippen molar-refractivity contribution in [1.29, 1.82) is 0 Å². The molecule has 0 amide bonds. The van der Waals surface area contributed by atoms with Gasteiger partial charge in [-0.2, -0.15) is 0 Å². The highest BCUT2D eigenvalue weighted by Crippen LogP contribution is 2.25. The van der Waals surface area contributed by atoms with Gasteiger partial charge in [-0.3, -0.25) is 0 Å². The number of rotatable bonds is 1. The van der Waals surface area contributed by atoms with E-state index in [1.807, 2.05) is 24.3 Å². The van der Waals surface area contributed by atoms with Crippen molar-refractivity contribution in [3.63, 3.8) is 0 Å². The minimum atomic E-state index is 0.547. The predicted octanol–water partition coefficient (Wildman–Crippen LogP) is 3.49. The first-order chi connectivity index (χ1) is 6.27. The molecule has 0 aliphatic carbocycles. The van der Waals surface area contributed by atoms with E-state index in [1.54, 1.807) is 6.20 Å². The number of imidazole rings is 1. The Bertz CT molecular complexity index is 425. The molecule has 0 aliphatic heterocycles. The Kier molecular flexibility index (Phi) is 2.38. The highest BCUT2D eigenvalue weighted by atomic mass is 79.9. The minimum absolute atomic E-state index is 0.547. The fourth-order valence-electron chi connectivity index (χ4n) is 1.09. The molecule has 2 rings (SSSR count). The molecule has 0 atom stereocenters. The average Bonchev–Trinajstić information content (AvgIpc) is 2.53. The van der Waals surface area contributed by atoms with Crippen molar-refractivity contribution in [3.8, 4) is 11.4 Å². The molecule has 1 N–H and O–H groups in total. The zero-order chi connectivity index (χ0) is 9.26. The molecule has 2 aromatic rings. The van der Waals surface area contributed by atoms with Crippen LogP contribution in [-0.4, -0.2) is 9.97 Å². The maximum Gasteiger partial charge on any atom is 0.139 e. The zero-order valence-corrected chi connectivity index (χ0v) is 8.93. The lowest BCUT2D eigenvalue weighted by Crippen LogP contribution is -1.80. The summed E-state index contributed by atoms with van der Waals surface area (Å²) < 4.78 is 1.00. The number of nitrogens with zero attached hydrogens (tertiary/aromatic N) is 1. The van der Waals surface area contributed by atoms with Crippen molar-refractivity contribution in [2.75, 3.05) is 0 Å². The van der Waals surface area contributed by atoms with Gasteiger partial charge in [0.05, 0.1) is 6.20 Å². The van der Waals surface area contributed by atoms with Crippen LogP contribution in [0.25, 0.3) is 11.4 Å². The van der Waals surface area contributed by atoms with E-state index in [4.69, 9.17) is 11.6 Å². The molecule has 0 aliphatic rings. The Hall–Kier alpha value is -0.800. The minimum Gasteiger partial charge on any atom is -0.329 e. The molecule has 13 heavy (non-hydrogen) atoms. The standard InChI is InChI=1S/C9H6BrClN2/c10-7-4-2-1-3-6(7)9-12-5-8(11)13-9/h1-5H,(H,12,13). The first-order valence-electron chi connectivity index (χ1n) is 3.73. The molecule has 0 unspecified atom stereocenters. The summed E-state index contributed by atoms with van der Waals surface area (Å²) >= 11 is 9.17. The van der Waals surface area contributed by atoms with Crippen LogP contribution >= 0.6 is 27.5 Å². The molecule has 2 nitrogen and oxygen atoms in total. The molecule has 0 radical (unpaired) electrons. The van der Waals surface area contributed by atoms with Gasteiger partial charge in [0.25, 0.3) is 0 Å². The summed E-state index contributed by atoms with van der Waals surface area (Å²) in [5.74, 6) is 0.775. The number of H-pyrrole nitrogens is 1. The number of hydrogen-bond donors (Lipinski definition) is 1. The van der Waals surface area contributed by atoms with E-state index in [0.717, 1.165) is 15.9 Å². The van der Waals surface area contributed by atoms with E-state index in [2.05, 4.69) is 25.9 Å². The fraction of sp³-hybridized carbons (Fsp3) is 0. The monoisotopic (exact) mass is 256 g/mol. The quantitative estimate of drug-likeness (QED) is 0.832. The van der Waals surface area contributed by atoms with Gasteiger partial charge in [-0.1, -0.05) is 45.7 Å². The first kappa shape index (κ1) is 8.78. The van der Waals surface area contributed by atoms with Gasteiger partial charge in [-0.25, -0.2) is 4.98 Å². The molecule has 1 aromatic heterocycles. The van der Waals surface area contributed by atoms with Crippen molar-refractivity contribution < 1.29 is 0 Å². The van der Waals surface area contributed by atoms with Crippen LogP contribution in [0.1, 0.15) is 0 Å². The lowest BCUT2D eigenvalue weighted by atomic mass is 10.2. The van der Waals surface area contributed by atoms with Crippen LogP contribution in [-0.2, 0) is 0 Å². The van der Waals surface area contributed by atoms with Crippen molar-refractivity contribution >= 4 is 27.5 Å². The average molecular weight is 258 g/mol. The Balaban J connectivity index is 2.52. The second-order valence-electron chi connectivity index (χ2n) is 2.56. The number of aromatic amines is 1. The molecule has 0 saturated heterocycles. The van der Waals surface area contributed by atoms with Crippen molar-refractivity contribution in [3.05, 3.63) is 40.1 Å². The second-order valence-corrected chi connectivity index (χ2v) is 3.82. The Morgan fingerprint density at radius 1 is 1.31 bits per heavy atom. The summed E-state index contributed by atoms with van der Waals surface area (Å²) in [6.45, 7) is 0. The van der Waals surface area contributed by atoms with Gasteiger partial charge in [0, 0.05) is 10.0 Å². The van der Waals surface area contributed by atoms with Gasteiger partial charge in [0.2, 0.25) is 0 Å². The summed E-state index contributed by atoms with van der Waals surface area (Å²) in [4.78, 5) is 7.09. The predicted molar refractivity (Wildman–Crippen MR) is 56.7 cm³/mol. The SMILES string of the molecule is Clc1cnc(-c2ccccc2Br)[nH]1. The maximum atomic E-state index is 5.73. The van der Waals surface area contributed by atoms with Crippen LogP contribution in [0.4, 0.5) is 0 Å². The molecule has 0 fully saturated rings. The summed E-state index contributed by atoms with van der Waals surface area (Å²) in [6.07, 6.45) is 1.59. The second kappa shape index (κ2) is 3.52. The molecule has 66 valence electrons. The summed E-state index contributed by atoms with van der Waals surface area (Å²) in [6, 6.07) is 7.85. The van der Waals surface area contributed by atoms with Crippen LogP contribution in [0, 0.1) is 0 Å². The van der Waals surface area contributed by atoms with Gasteiger partial charge in [-0.05, 0) is 6.07 Å². The van der Waals surface area contributed by atoms with Gasteiger partial charge in [0.1, 0.15) is 11.0 Å². The third-order valence-corrected chi connectivity index (χ3v) is 2.56. The van der Waals surface area contributed by atoms with Gasteiger partial charge in [-0.15, -0.1) is 0 Å². The van der Waals surface area contributed by atoms with Gasteiger partial charge < -0.3 is 4.98 Å². The maximum absolute atomic E-state index is 5.73. The number of aromatic nitrogens is 2. The van der Waals surface area contributed by atoms with Crippen LogP contribution in [0.15, 0.2) is 34.9 Å². The third-order valence-electron chi connectivity index (χ3n) is 1.67. The lowest BCUT2D eigenvalue weighted by molar-refractivity contribution is 1.30. The summed E-state index contributed by atoms with van der Waals surface area (Å²) in [7, 11) is 0. The summed E-state index contributed by atoms with van der Waals surface area (Å²) in [5.41, 5.74) is 1.01. The molecule has 0 saturated carbocycles. The van der Waals surface area contributed by atoms with Crippen LogP contribution in [0.5, 0.6) is 0 Å². The van der Waals surface area contributed by atoms with Gasteiger partial charge >= 0.3 is 0 Å². The highest BCUT2D eigenvalue weighted by molar-refractivity contribution is 9.10. The first-order valence-corrected chi connectivity index (χ1v) is 4.90. The molecule has 4 heteroatoms. The smallest absolute Gasteiger partial charge is 0.139 e. The molecule has 0 spiro atoms.